The van der Waals surface area contributed by atoms with Crippen molar-refractivity contribution in [1.82, 2.24) is 4.90 Å². The van der Waals surface area contributed by atoms with Gasteiger partial charge in [0, 0.05) is 17.6 Å². The fraction of sp³-hybridized carbons (Fsp3) is 0.316. The molecule has 3 aromatic rings. The van der Waals surface area contributed by atoms with Crippen molar-refractivity contribution < 1.29 is 9.52 Å². The van der Waals surface area contributed by atoms with Gasteiger partial charge in [0.25, 0.3) is 0 Å². The molecule has 1 heterocycles. The molecular formula is C19H20ClNO3. The quantitative estimate of drug-likeness (QED) is 0.714. The van der Waals surface area contributed by atoms with Crippen LogP contribution in [0.1, 0.15) is 18.9 Å². The van der Waals surface area contributed by atoms with Crippen molar-refractivity contribution >= 4 is 33.5 Å². The van der Waals surface area contributed by atoms with E-state index in [1.807, 2.05) is 32.2 Å². The van der Waals surface area contributed by atoms with E-state index < -0.39 is 0 Å². The summed E-state index contributed by atoms with van der Waals surface area (Å²) in [7, 11) is 1.97. The van der Waals surface area contributed by atoms with Crippen molar-refractivity contribution in [1.29, 1.82) is 0 Å². The van der Waals surface area contributed by atoms with E-state index in [9.17, 15) is 9.90 Å². The Hall–Kier alpha value is -1.88. The first kappa shape index (κ1) is 17.0. The third-order valence-corrected chi connectivity index (χ3v) is 4.67. The monoisotopic (exact) mass is 345 g/mol. The van der Waals surface area contributed by atoms with Crippen LogP contribution in [0.25, 0.3) is 21.9 Å². The van der Waals surface area contributed by atoms with Crippen LogP contribution in [-0.4, -0.2) is 29.7 Å². The highest BCUT2D eigenvalue weighted by Crippen LogP contribution is 2.23. The van der Waals surface area contributed by atoms with Gasteiger partial charge in [-0.1, -0.05) is 24.6 Å². The molecule has 0 spiro atoms. The lowest BCUT2D eigenvalue weighted by Crippen LogP contribution is -2.33. The predicted molar refractivity (Wildman–Crippen MR) is 97.6 cm³/mol. The van der Waals surface area contributed by atoms with Gasteiger partial charge in [-0.25, -0.2) is 0 Å². The third kappa shape index (κ3) is 3.18. The zero-order valence-electron chi connectivity index (χ0n) is 13.8. The molecule has 0 amide bonds. The summed E-state index contributed by atoms with van der Waals surface area (Å²) in [5.41, 5.74) is 2.03. The highest BCUT2D eigenvalue weighted by atomic mass is 35.5. The summed E-state index contributed by atoms with van der Waals surface area (Å²) in [6, 6.07) is 10.8. The van der Waals surface area contributed by atoms with E-state index in [0.29, 0.717) is 33.5 Å². The van der Waals surface area contributed by atoms with E-state index >= 15 is 0 Å². The highest BCUT2D eigenvalue weighted by molar-refractivity contribution is 6.31. The number of hydrogen-bond donors (Lipinski definition) is 1. The average Bonchev–Trinajstić information content (AvgIpc) is 2.57. The molecular weight excluding hydrogens is 326 g/mol. The summed E-state index contributed by atoms with van der Waals surface area (Å²) in [6.45, 7) is 2.82. The van der Waals surface area contributed by atoms with Crippen LogP contribution in [0.15, 0.2) is 45.6 Å². The Morgan fingerprint density at radius 3 is 2.50 bits per heavy atom. The molecule has 126 valence electrons. The number of nitrogens with zero attached hydrogens (tertiary/aromatic N) is 1. The largest absolute Gasteiger partial charge is 0.456 e. The second-order valence-electron chi connectivity index (χ2n) is 6.06. The molecule has 0 saturated heterocycles. The van der Waals surface area contributed by atoms with Gasteiger partial charge >= 0.3 is 0 Å². The second-order valence-corrected chi connectivity index (χ2v) is 6.50. The molecule has 0 saturated carbocycles. The lowest BCUT2D eigenvalue weighted by Gasteiger charge is -2.25. The van der Waals surface area contributed by atoms with Gasteiger partial charge in [0.1, 0.15) is 11.2 Å². The molecule has 0 unspecified atom stereocenters. The zero-order valence-corrected chi connectivity index (χ0v) is 14.5. The van der Waals surface area contributed by atoms with Gasteiger partial charge in [-0.3, -0.25) is 9.69 Å². The second kappa shape index (κ2) is 6.93. The van der Waals surface area contributed by atoms with E-state index in [4.69, 9.17) is 16.0 Å². The summed E-state index contributed by atoms with van der Waals surface area (Å²) in [5, 5.41) is 11.0. The van der Waals surface area contributed by atoms with Crippen LogP contribution in [0.3, 0.4) is 0 Å². The fourth-order valence-electron chi connectivity index (χ4n) is 2.97. The lowest BCUT2D eigenvalue weighted by atomic mass is 10.1. The molecule has 2 aromatic carbocycles. The van der Waals surface area contributed by atoms with E-state index in [1.165, 1.54) is 0 Å². The SMILES string of the molecule is CC[C@@H](CO)N(C)Cc1ccc2oc3ccc(Cl)cc3c(=O)c2c1. The van der Waals surface area contributed by atoms with Crippen LogP contribution in [0.4, 0.5) is 0 Å². The minimum absolute atomic E-state index is 0.0764. The lowest BCUT2D eigenvalue weighted by molar-refractivity contribution is 0.138. The van der Waals surface area contributed by atoms with Crippen LogP contribution < -0.4 is 5.43 Å². The Labute approximate surface area is 145 Å². The number of aliphatic hydroxyl groups excluding tert-OH is 1. The summed E-state index contributed by atoms with van der Waals surface area (Å²) in [5.74, 6) is 0. The number of aliphatic hydroxyl groups is 1. The van der Waals surface area contributed by atoms with Crippen molar-refractivity contribution in [3.05, 3.63) is 57.2 Å². The van der Waals surface area contributed by atoms with Crippen LogP contribution in [-0.2, 0) is 6.54 Å². The first-order valence-corrected chi connectivity index (χ1v) is 8.37. The number of hydrogen-bond acceptors (Lipinski definition) is 4. The minimum atomic E-state index is -0.0764. The maximum atomic E-state index is 12.8. The van der Waals surface area contributed by atoms with Gasteiger partial charge in [-0.05, 0) is 49.4 Å². The van der Waals surface area contributed by atoms with Gasteiger partial charge in [-0.15, -0.1) is 0 Å². The van der Waals surface area contributed by atoms with Gasteiger partial charge < -0.3 is 9.52 Å². The van der Waals surface area contributed by atoms with E-state index in [1.54, 1.807) is 18.2 Å². The van der Waals surface area contributed by atoms with Gasteiger partial charge in [0.15, 0.2) is 0 Å². The molecule has 3 rings (SSSR count). The molecule has 0 aliphatic rings. The predicted octanol–water partition coefficient (Wildman–Crippen LogP) is 3.80. The molecule has 1 aromatic heterocycles. The summed E-state index contributed by atoms with van der Waals surface area (Å²) < 4.78 is 5.82. The zero-order chi connectivity index (χ0) is 17.3. The molecule has 0 aliphatic heterocycles. The van der Waals surface area contributed by atoms with E-state index in [0.717, 1.165) is 12.0 Å². The van der Waals surface area contributed by atoms with Crippen LogP contribution in [0, 0.1) is 0 Å². The molecule has 0 aliphatic carbocycles. The Morgan fingerprint density at radius 1 is 1.17 bits per heavy atom. The maximum absolute atomic E-state index is 12.8. The smallest absolute Gasteiger partial charge is 0.200 e. The number of rotatable bonds is 5. The first-order valence-electron chi connectivity index (χ1n) is 7.99. The standard InChI is InChI=1S/C19H20ClNO3/c1-3-14(11-22)21(2)10-12-4-6-17-15(8-12)19(23)16-9-13(20)5-7-18(16)24-17/h4-9,14,22H,3,10-11H2,1-2H3/t14-/m0/s1. The summed E-state index contributed by atoms with van der Waals surface area (Å²) >= 11 is 6.00. The van der Waals surface area contributed by atoms with Gasteiger partial charge in [0.05, 0.1) is 17.4 Å². The molecule has 24 heavy (non-hydrogen) atoms. The molecule has 1 atom stereocenters. The number of fused-ring (bicyclic) bond motifs is 2. The highest BCUT2D eigenvalue weighted by Gasteiger charge is 2.13. The molecule has 1 N–H and O–H groups in total. The van der Waals surface area contributed by atoms with Crippen molar-refractivity contribution in [2.45, 2.75) is 25.9 Å². The molecule has 4 nitrogen and oxygen atoms in total. The molecule has 5 heteroatoms. The van der Waals surface area contributed by atoms with Crippen molar-refractivity contribution in [3.8, 4) is 0 Å². The molecule has 0 radical (unpaired) electrons. The summed E-state index contributed by atoms with van der Waals surface area (Å²) in [6.07, 6.45) is 0.867. The topological polar surface area (TPSA) is 53.7 Å². The van der Waals surface area contributed by atoms with Crippen LogP contribution in [0.5, 0.6) is 0 Å². The number of benzene rings is 2. The summed E-state index contributed by atoms with van der Waals surface area (Å²) in [4.78, 5) is 14.8. The van der Waals surface area contributed by atoms with E-state index in [-0.39, 0.29) is 18.1 Å². The normalized spacial score (nSPS) is 13.0. The molecule has 0 bridgehead atoms. The van der Waals surface area contributed by atoms with Crippen molar-refractivity contribution in [2.24, 2.45) is 0 Å². The van der Waals surface area contributed by atoms with Gasteiger partial charge in [0.2, 0.25) is 5.43 Å². The van der Waals surface area contributed by atoms with Crippen molar-refractivity contribution in [2.75, 3.05) is 13.7 Å². The Kier molecular flexibility index (Phi) is 4.90. The Balaban J connectivity index is 2.05. The Bertz CT molecular complexity index is 931. The number of halogens is 1. The third-order valence-electron chi connectivity index (χ3n) is 4.43. The van der Waals surface area contributed by atoms with Gasteiger partial charge in [-0.2, -0.15) is 0 Å². The van der Waals surface area contributed by atoms with Crippen molar-refractivity contribution in [3.63, 3.8) is 0 Å². The molecule has 0 fully saturated rings. The maximum Gasteiger partial charge on any atom is 0.200 e. The van der Waals surface area contributed by atoms with Crippen LogP contribution in [0.2, 0.25) is 5.02 Å². The average molecular weight is 346 g/mol. The first-order chi connectivity index (χ1) is 11.5. The van der Waals surface area contributed by atoms with Crippen LogP contribution >= 0.6 is 11.6 Å². The minimum Gasteiger partial charge on any atom is -0.456 e. The number of likely N-dealkylation sites (N-methyl/N-ethyl adjacent to an activating group) is 1. The van der Waals surface area contributed by atoms with E-state index in [2.05, 4.69) is 4.90 Å². The Morgan fingerprint density at radius 2 is 1.83 bits per heavy atom. The fourth-order valence-corrected chi connectivity index (χ4v) is 3.14.